The van der Waals surface area contributed by atoms with Crippen LogP contribution in [0, 0.1) is 0 Å². The lowest BCUT2D eigenvalue weighted by Crippen LogP contribution is -2.38. The Morgan fingerprint density at radius 2 is 1.42 bits per heavy atom. The van der Waals surface area contributed by atoms with Crippen LogP contribution in [0.4, 0.5) is 0 Å². The van der Waals surface area contributed by atoms with Crippen molar-refractivity contribution in [3.05, 3.63) is 17.7 Å². The molecule has 0 atom stereocenters. The van der Waals surface area contributed by atoms with Gasteiger partial charge in [0.25, 0.3) is 0 Å². The van der Waals surface area contributed by atoms with Crippen LogP contribution < -0.4 is 5.73 Å². The molecule has 2 N–H and O–H groups in total. The summed E-state index contributed by atoms with van der Waals surface area (Å²) in [6.45, 7) is 0. The Hall–Kier alpha value is 0.230. The zero-order valence-electron chi connectivity index (χ0n) is 12.0. The van der Waals surface area contributed by atoms with Crippen molar-refractivity contribution in [3.8, 4) is 0 Å². The zero-order valence-corrected chi connectivity index (χ0v) is 14.4. The quantitative estimate of drug-likeness (QED) is 0.794. The average molecular weight is 314 g/mol. The molecule has 1 nitrogen and oxygen atoms in total. The topological polar surface area (TPSA) is 26.0 Å². The summed E-state index contributed by atoms with van der Waals surface area (Å²) in [5, 5.41) is 0. The molecule has 1 aromatic carbocycles. The number of hydrogen-bond acceptors (Lipinski definition) is 4. The van der Waals surface area contributed by atoms with Gasteiger partial charge in [0.05, 0.1) is 0 Å². The van der Waals surface area contributed by atoms with E-state index >= 15 is 0 Å². The standard InChI is InChI=1S/C15H23NS3/c1-17-12-9-11(10-13(18-2)14(12)19-3)15(16)7-5-4-6-8-15/h9-10H,4-8,16H2,1-3H3. The second-order valence-corrected chi connectivity index (χ2v) is 7.64. The number of nitrogens with two attached hydrogens (primary N) is 1. The predicted octanol–water partition coefficient (Wildman–Crippen LogP) is 4.97. The molecule has 0 bridgehead atoms. The number of benzene rings is 1. The lowest BCUT2D eigenvalue weighted by Gasteiger charge is -2.35. The van der Waals surface area contributed by atoms with Gasteiger partial charge in [-0.05, 0) is 49.3 Å². The highest BCUT2D eigenvalue weighted by atomic mass is 32.2. The molecular weight excluding hydrogens is 290 g/mol. The Morgan fingerprint density at radius 3 is 1.84 bits per heavy atom. The van der Waals surface area contributed by atoms with Gasteiger partial charge >= 0.3 is 0 Å². The third-order valence-corrected chi connectivity index (χ3v) is 6.62. The van der Waals surface area contributed by atoms with E-state index in [0.29, 0.717) is 0 Å². The molecule has 0 aromatic heterocycles. The van der Waals surface area contributed by atoms with Crippen molar-refractivity contribution in [1.29, 1.82) is 0 Å². The number of thioether (sulfide) groups is 3. The highest BCUT2D eigenvalue weighted by Crippen LogP contribution is 2.42. The van der Waals surface area contributed by atoms with Gasteiger partial charge in [-0.25, -0.2) is 0 Å². The van der Waals surface area contributed by atoms with Crippen LogP contribution in [0.3, 0.4) is 0 Å². The maximum atomic E-state index is 6.69. The van der Waals surface area contributed by atoms with Crippen LogP contribution in [0.15, 0.2) is 26.8 Å². The molecule has 1 fully saturated rings. The van der Waals surface area contributed by atoms with E-state index in [2.05, 4.69) is 30.9 Å². The minimum Gasteiger partial charge on any atom is -0.321 e. The number of hydrogen-bond donors (Lipinski definition) is 1. The largest absolute Gasteiger partial charge is 0.321 e. The van der Waals surface area contributed by atoms with E-state index in [-0.39, 0.29) is 5.54 Å². The minimum atomic E-state index is -0.0931. The lowest BCUT2D eigenvalue weighted by atomic mass is 9.77. The molecule has 19 heavy (non-hydrogen) atoms. The average Bonchev–Trinajstić information content (AvgIpc) is 2.46. The van der Waals surface area contributed by atoms with E-state index in [1.807, 2.05) is 35.3 Å². The highest BCUT2D eigenvalue weighted by molar-refractivity contribution is 8.03. The van der Waals surface area contributed by atoms with E-state index in [1.165, 1.54) is 39.5 Å². The summed E-state index contributed by atoms with van der Waals surface area (Å²) in [5.41, 5.74) is 7.95. The third-order valence-electron chi connectivity index (χ3n) is 3.99. The second-order valence-electron chi connectivity index (χ2n) is 5.13. The molecule has 1 aliphatic carbocycles. The Balaban J connectivity index is 2.46. The van der Waals surface area contributed by atoms with E-state index in [1.54, 1.807) is 0 Å². The fraction of sp³-hybridized carbons (Fsp3) is 0.600. The first-order valence-electron chi connectivity index (χ1n) is 6.74. The van der Waals surface area contributed by atoms with Crippen molar-refractivity contribution >= 4 is 35.3 Å². The molecule has 0 radical (unpaired) electrons. The van der Waals surface area contributed by atoms with E-state index in [9.17, 15) is 0 Å². The molecule has 1 saturated carbocycles. The maximum absolute atomic E-state index is 6.69. The van der Waals surface area contributed by atoms with Gasteiger partial charge < -0.3 is 5.73 Å². The Bertz CT molecular complexity index is 414. The predicted molar refractivity (Wildman–Crippen MR) is 90.7 cm³/mol. The monoisotopic (exact) mass is 313 g/mol. The van der Waals surface area contributed by atoms with Crippen LogP contribution in [0.25, 0.3) is 0 Å². The summed E-state index contributed by atoms with van der Waals surface area (Å²) in [5.74, 6) is 0. The molecule has 0 aliphatic heterocycles. The van der Waals surface area contributed by atoms with E-state index in [0.717, 1.165) is 12.8 Å². The van der Waals surface area contributed by atoms with Crippen LogP contribution >= 0.6 is 35.3 Å². The smallest absolute Gasteiger partial charge is 0.0410 e. The molecule has 0 heterocycles. The molecule has 0 unspecified atom stereocenters. The van der Waals surface area contributed by atoms with Crippen LogP contribution in [-0.4, -0.2) is 18.8 Å². The van der Waals surface area contributed by atoms with Gasteiger partial charge in [0, 0.05) is 20.2 Å². The zero-order chi connectivity index (χ0) is 13.9. The molecule has 0 saturated heterocycles. The molecule has 1 aromatic rings. The van der Waals surface area contributed by atoms with Crippen LogP contribution in [0.1, 0.15) is 37.7 Å². The Kier molecular flexibility index (Phi) is 5.58. The van der Waals surface area contributed by atoms with Crippen molar-refractivity contribution < 1.29 is 0 Å². The Morgan fingerprint density at radius 1 is 0.895 bits per heavy atom. The van der Waals surface area contributed by atoms with Gasteiger partial charge in [-0.2, -0.15) is 0 Å². The first-order chi connectivity index (χ1) is 9.14. The summed E-state index contributed by atoms with van der Waals surface area (Å²) in [7, 11) is 0. The molecule has 1 aliphatic rings. The van der Waals surface area contributed by atoms with Crippen LogP contribution in [0.5, 0.6) is 0 Å². The van der Waals surface area contributed by atoms with Crippen molar-refractivity contribution in [2.24, 2.45) is 5.73 Å². The van der Waals surface area contributed by atoms with Crippen molar-refractivity contribution in [2.45, 2.75) is 52.3 Å². The summed E-state index contributed by atoms with van der Waals surface area (Å²) >= 11 is 5.52. The lowest BCUT2D eigenvalue weighted by molar-refractivity contribution is 0.301. The summed E-state index contributed by atoms with van der Waals surface area (Å²) < 4.78 is 0. The molecule has 0 amide bonds. The number of rotatable bonds is 4. The first kappa shape index (κ1) is 15.6. The molecule has 2 rings (SSSR count). The Labute approximate surface area is 129 Å². The van der Waals surface area contributed by atoms with E-state index in [4.69, 9.17) is 5.73 Å². The van der Waals surface area contributed by atoms with Gasteiger partial charge in [-0.3, -0.25) is 0 Å². The van der Waals surface area contributed by atoms with Crippen LogP contribution in [0.2, 0.25) is 0 Å². The van der Waals surface area contributed by atoms with Gasteiger partial charge in [-0.1, -0.05) is 19.3 Å². The fourth-order valence-electron chi connectivity index (χ4n) is 2.84. The summed E-state index contributed by atoms with van der Waals surface area (Å²) in [4.78, 5) is 4.16. The fourth-order valence-corrected chi connectivity index (χ4v) is 5.51. The highest BCUT2D eigenvalue weighted by Gasteiger charge is 2.30. The SMILES string of the molecule is CSc1cc(C2(N)CCCCC2)cc(SC)c1SC. The first-order valence-corrected chi connectivity index (χ1v) is 10.4. The van der Waals surface area contributed by atoms with Crippen LogP contribution in [-0.2, 0) is 5.54 Å². The van der Waals surface area contributed by atoms with Crippen molar-refractivity contribution in [2.75, 3.05) is 18.8 Å². The van der Waals surface area contributed by atoms with Gasteiger partial charge in [0.1, 0.15) is 0 Å². The van der Waals surface area contributed by atoms with E-state index < -0.39 is 0 Å². The normalized spacial score (nSPS) is 18.5. The minimum absolute atomic E-state index is 0.0931. The molecule has 0 spiro atoms. The second kappa shape index (κ2) is 6.79. The van der Waals surface area contributed by atoms with Crippen molar-refractivity contribution in [3.63, 3.8) is 0 Å². The third kappa shape index (κ3) is 3.29. The van der Waals surface area contributed by atoms with Crippen molar-refractivity contribution in [1.82, 2.24) is 0 Å². The molecule has 4 heteroatoms. The summed E-state index contributed by atoms with van der Waals surface area (Å²) in [6, 6.07) is 4.67. The van der Waals surface area contributed by atoms with Gasteiger partial charge in [0.15, 0.2) is 0 Å². The maximum Gasteiger partial charge on any atom is 0.0410 e. The molecule has 106 valence electrons. The van der Waals surface area contributed by atoms with Gasteiger partial charge in [0.2, 0.25) is 0 Å². The molecular formula is C15H23NS3. The summed E-state index contributed by atoms with van der Waals surface area (Å²) in [6.07, 6.45) is 12.6. The van der Waals surface area contributed by atoms with Gasteiger partial charge in [-0.15, -0.1) is 35.3 Å².